The van der Waals surface area contributed by atoms with E-state index in [9.17, 15) is 4.39 Å². The molecule has 2 rings (SSSR count). The highest BCUT2D eigenvalue weighted by molar-refractivity contribution is 5.15. The molecule has 0 saturated carbocycles. The lowest BCUT2D eigenvalue weighted by Crippen LogP contribution is -2.14. The SMILES string of the molecule is Cn1cnc(CNCc2ccc(F)cc2)n1. The van der Waals surface area contributed by atoms with Crippen molar-refractivity contribution in [1.29, 1.82) is 0 Å². The van der Waals surface area contributed by atoms with Crippen LogP contribution < -0.4 is 5.32 Å². The Morgan fingerprint density at radius 1 is 1.25 bits per heavy atom. The molecular formula is C11H13FN4. The molecule has 0 atom stereocenters. The van der Waals surface area contributed by atoms with E-state index < -0.39 is 0 Å². The summed E-state index contributed by atoms with van der Waals surface area (Å²) in [4.78, 5) is 4.09. The molecule has 0 bridgehead atoms. The van der Waals surface area contributed by atoms with Gasteiger partial charge in [-0.25, -0.2) is 9.37 Å². The van der Waals surface area contributed by atoms with Gasteiger partial charge < -0.3 is 5.32 Å². The molecule has 4 nitrogen and oxygen atoms in total. The highest BCUT2D eigenvalue weighted by Crippen LogP contribution is 2.02. The molecule has 0 aliphatic carbocycles. The zero-order valence-corrected chi connectivity index (χ0v) is 9.02. The van der Waals surface area contributed by atoms with Crippen molar-refractivity contribution in [3.63, 3.8) is 0 Å². The molecule has 1 aromatic heterocycles. The highest BCUT2D eigenvalue weighted by Gasteiger charge is 1.98. The summed E-state index contributed by atoms with van der Waals surface area (Å²) in [5.41, 5.74) is 1.04. The van der Waals surface area contributed by atoms with E-state index in [2.05, 4.69) is 15.4 Å². The van der Waals surface area contributed by atoms with Crippen LogP contribution >= 0.6 is 0 Å². The van der Waals surface area contributed by atoms with E-state index in [0.717, 1.165) is 11.4 Å². The highest BCUT2D eigenvalue weighted by atomic mass is 19.1. The Hall–Kier alpha value is -1.75. The summed E-state index contributed by atoms with van der Waals surface area (Å²) in [6.07, 6.45) is 1.66. The monoisotopic (exact) mass is 220 g/mol. The van der Waals surface area contributed by atoms with Gasteiger partial charge in [-0.1, -0.05) is 12.1 Å². The number of benzene rings is 1. The zero-order valence-electron chi connectivity index (χ0n) is 9.02. The van der Waals surface area contributed by atoms with E-state index in [0.29, 0.717) is 13.1 Å². The van der Waals surface area contributed by atoms with E-state index in [1.165, 1.54) is 12.1 Å². The number of nitrogens with zero attached hydrogens (tertiary/aromatic N) is 3. The average molecular weight is 220 g/mol. The lowest BCUT2D eigenvalue weighted by atomic mass is 10.2. The molecule has 1 N–H and O–H groups in total. The number of hydrogen-bond donors (Lipinski definition) is 1. The van der Waals surface area contributed by atoms with Gasteiger partial charge >= 0.3 is 0 Å². The minimum Gasteiger partial charge on any atom is -0.306 e. The Balaban J connectivity index is 1.82. The molecule has 1 heterocycles. The van der Waals surface area contributed by atoms with Gasteiger partial charge in [0, 0.05) is 13.6 Å². The smallest absolute Gasteiger partial charge is 0.164 e. The van der Waals surface area contributed by atoms with Crippen LogP contribution in [0.1, 0.15) is 11.4 Å². The summed E-state index contributed by atoms with van der Waals surface area (Å²) in [5.74, 6) is 0.541. The van der Waals surface area contributed by atoms with E-state index in [4.69, 9.17) is 0 Å². The van der Waals surface area contributed by atoms with E-state index in [-0.39, 0.29) is 5.82 Å². The van der Waals surface area contributed by atoms with Crippen LogP contribution in [0.4, 0.5) is 4.39 Å². The van der Waals surface area contributed by atoms with E-state index in [1.54, 1.807) is 23.1 Å². The largest absolute Gasteiger partial charge is 0.306 e. The van der Waals surface area contributed by atoms with Crippen LogP contribution in [0.25, 0.3) is 0 Å². The number of nitrogens with one attached hydrogen (secondary N) is 1. The molecule has 16 heavy (non-hydrogen) atoms. The van der Waals surface area contributed by atoms with Crippen LogP contribution in [0.5, 0.6) is 0 Å². The van der Waals surface area contributed by atoms with Gasteiger partial charge in [-0.15, -0.1) is 0 Å². The van der Waals surface area contributed by atoms with Crippen molar-refractivity contribution in [1.82, 2.24) is 20.1 Å². The van der Waals surface area contributed by atoms with Gasteiger partial charge in [0.2, 0.25) is 0 Å². The van der Waals surface area contributed by atoms with Gasteiger partial charge in [-0.3, -0.25) is 4.68 Å². The maximum Gasteiger partial charge on any atom is 0.164 e. The molecule has 0 radical (unpaired) electrons. The van der Waals surface area contributed by atoms with E-state index >= 15 is 0 Å². The van der Waals surface area contributed by atoms with Gasteiger partial charge in [0.25, 0.3) is 0 Å². The van der Waals surface area contributed by atoms with Gasteiger partial charge in [0.1, 0.15) is 12.1 Å². The van der Waals surface area contributed by atoms with Gasteiger partial charge in [0.05, 0.1) is 6.54 Å². The zero-order chi connectivity index (χ0) is 11.4. The normalized spacial score (nSPS) is 10.6. The summed E-state index contributed by atoms with van der Waals surface area (Å²) in [6, 6.07) is 6.43. The Labute approximate surface area is 93.1 Å². The first-order valence-electron chi connectivity index (χ1n) is 5.04. The third-order valence-electron chi connectivity index (χ3n) is 2.17. The summed E-state index contributed by atoms with van der Waals surface area (Å²) >= 11 is 0. The van der Waals surface area contributed by atoms with Crippen LogP contribution in [0.2, 0.25) is 0 Å². The molecular weight excluding hydrogens is 207 g/mol. The van der Waals surface area contributed by atoms with Crippen molar-refractivity contribution >= 4 is 0 Å². The number of hydrogen-bond acceptors (Lipinski definition) is 3. The topological polar surface area (TPSA) is 42.7 Å². The lowest BCUT2D eigenvalue weighted by Gasteiger charge is -2.02. The number of rotatable bonds is 4. The summed E-state index contributed by atoms with van der Waals surface area (Å²) in [5, 5.41) is 7.33. The second-order valence-electron chi connectivity index (χ2n) is 3.56. The molecule has 84 valence electrons. The molecule has 0 unspecified atom stereocenters. The van der Waals surface area contributed by atoms with Crippen LogP contribution in [-0.2, 0) is 20.1 Å². The fraction of sp³-hybridized carbons (Fsp3) is 0.273. The molecule has 2 aromatic rings. The Kier molecular flexibility index (Phi) is 3.26. The molecule has 0 spiro atoms. The predicted octanol–water partition coefficient (Wildman–Crippen LogP) is 1.24. The quantitative estimate of drug-likeness (QED) is 0.843. The molecule has 0 aliphatic heterocycles. The van der Waals surface area contributed by atoms with Gasteiger partial charge in [0.15, 0.2) is 5.82 Å². The van der Waals surface area contributed by atoms with Crippen molar-refractivity contribution < 1.29 is 4.39 Å². The first kappa shape index (κ1) is 10.8. The molecule has 0 saturated heterocycles. The van der Waals surface area contributed by atoms with Crippen LogP contribution in [0.3, 0.4) is 0 Å². The lowest BCUT2D eigenvalue weighted by molar-refractivity contribution is 0.622. The van der Waals surface area contributed by atoms with Gasteiger partial charge in [-0.2, -0.15) is 5.10 Å². The molecule has 0 amide bonds. The standard InChI is InChI=1S/C11H13FN4/c1-16-8-14-11(15-16)7-13-6-9-2-4-10(12)5-3-9/h2-5,8,13H,6-7H2,1H3. The number of aromatic nitrogens is 3. The predicted molar refractivity (Wildman–Crippen MR) is 57.9 cm³/mol. The summed E-state index contributed by atoms with van der Waals surface area (Å²) in [7, 11) is 1.83. The first-order chi connectivity index (χ1) is 7.74. The second kappa shape index (κ2) is 4.85. The van der Waals surface area contributed by atoms with Crippen LogP contribution in [0.15, 0.2) is 30.6 Å². The Morgan fingerprint density at radius 3 is 2.62 bits per heavy atom. The minimum atomic E-state index is -0.213. The Morgan fingerprint density at radius 2 is 2.00 bits per heavy atom. The third-order valence-corrected chi connectivity index (χ3v) is 2.17. The first-order valence-corrected chi connectivity index (χ1v) is 5.04. The van der Waals surface area contributed by atoms with E-state index in [1.807, 2.05) is 7.05 Å². The average Bonchev–Trinajstić information content (AvgIpc) is 2.67. The Bertz CT molecular complexity index is 449. The van der Waals surface area contributed by atoms with Crippen molar-refractivity contribution in [2.24, 2.45) is 7.05 Å². The molecule has 0 fully saturated rings. The fourth-order valence-electron chi connectivity index (χ4n) is 1.39. The maximum absolute atomic E-state index is 12.6. The summed E-state index contributed by atoms with van der Waals surface area (Å²) in [6.45, 7) is 1.29. The fourth-order valence-corrected chi connectivity index (χ4v) is 1.39. The van der Waals surface area contributed by atoms with Crippen molar-refractivity contribution in [2.45, 2.75) is 13.1 Å². The van der Waals surface area contributed by atoms with Crippen LogP contribution in [-0.4, -0.2) is 14.8 Å². The maximum atomic E-state index is 12.6. The second-order valence-corrected chi connectivity index (χ2v) is 3.56. The van der Waals surface area contributed by atoms with Crippen molar-refractivity contribution in [3.8, 4) is 0 Å². The van der Waals surface area contributed by atoms with Gasteiger partial charge in [-0.05, 0) is 17.7 Å². The van der Waals surface area contributed by atoms with Crippen molar-refractivity contribution in [2.75, 3.05) is 0 Å². The number of aryl methyl sites for hydroxylation is 1. The third kappa shape index (κ3) is 2.87. The van der Waals surface area contributed by atoms with Crippen molar-refractivity contribution in [3.05, 3.63) is 47.8 Å². The molecule has 1 aromatic carbocycles. The number of halogens is 1. The molecule has 5 heteroatoms. The van der Waals surface area contributed by atoms with Crippen LogP contribution in [0, 0.1) is 5.82 Å². The molecule has 0 aliphatic rings. The summed E-state index contributed by atoms with van der Waals surface area (Å²) < 4.78 is 14.3. The minimum absolute atomic E-state index is 0.213.